The topological polar surface area (TPSA) is 76.7 Å². The lowest BCUT2D eigenvalue weighted by Gasteiger charge is -2.11. The van der Waals surface area contributed by atoms with Crippen LogP contribution in [0.25, 0.3) is 6.08 Å². The van der Waals surface area contributed by atoms with E-state index in [0.717, 1.165) is 24.0 Å². The van der Waals surface area contributed by atoms with E-state index in [1.54, 1.807) is 31.4 Å². The van der Waals surface area contributed by atoms with Gasteiger partial charge in [-0.05, 0) is 49.2 Å². The number of nitrogens with one attached hydrogen (secondary N) is 2. The predicted molar refractivity (Wildman–Crippen MR) is 109 cm³/mol. The molecule has 6 heteroatoms. The molecule has 0 radical (unpaired) electrons. The van der Waals surface area contributed by atoms with Crippen molar-refractivity contribution in [2.45, 2.75) is 26.7 Å². The number of carbonyl (C=O) groups excluding carboxylic acids is 2. The SMILES string of the molecule is CCCCOc1ccc(/C=C/C(=O)NNC(=O)c2ccc(C)cc2)cc1OC. The first-order valence-electron chi connectivity index (χ1n) is 9.19. The maximum absolute atomic E-state index is 12.0. The molecule has 0 fully saturated rings. The fraction of sp³-hybridized carbons (Fsp3) is 0.273. The van der Waals surface area contributed by atoms with Crippen molar-refractivity contribution in [3.05, 3.63) is 65.2 Å². The second kappa shape index (κ2) is 10.8. The van der Waals surface area contributed by atoms with Crippen LogP contribution in [0.3, 0.4) is 0 Å². The van der Waals surface area contributed by atoms with E-state index < -0.39 is 5.91 Å². The minimum absolute atomic E-state index is 0.378. The summed E-state index contributed by atoms with van der Waals surface area (Å²) in [6.45, 7) is 4.67. The lowest BCUT2D eigenvalue weighted by molar-refractivity contribution is -0.117. The Balaban J connectivity index is 1.90. The fourth-order valence-electron chi connectivity index (χ4n) is 2.34. The van der Waals surface area contributed by atoms with Crippen molar-refractivity contribution >= 4 is 17.9 Å². The highest BCUT2D eigenvalue weighted by Crippen LogP contribution is 2.28. The molecule has 0 unspecified atom stereocenters. The van der Waals surface area contributed by atoms with Crippen LogP contribution in [0, 0.1) is 6.92 Å². The Hall–Kier alpha value is -3.28. The highest BCUT2D eigenvalue weighted by atomic mass is 16.5. The first-order chi connectivity index (χ1) is 13.5. The minimum atomic E-state index is -0.442. The van der Waals surface area contributed by atoms with E-state index in [1.807, 2.05) is 31.2 Å². The fourth-order valence-corrected chi connectivity index (χ4v) is 2.34. The zero-order chi connectivity index (χ0) is 20.4. The second-order valence-electron chi connectivity index (χ2n) is 6.26. The molecule has 2 rings (SSSR count). The van der Waals surface area contributed by atoms with Crippen LogP contribution in [0.1, 0.15) is 41.3 Å². The number of hydrazine groups is 1. The lowest BCUT2D eigenvalue weighted by Crippen LogP contribution is -2.40. The standard InChI is InChI=1S/C22H26N2O4/c1-4-5-14-28-19-12-8-17(15-20(19)27-3)9-13-21(25)23-24-22(26)18-10-6-16(2)7-11-18/h6-13,15H,4-5,14H2,1-3H3,(H,23,25)(H,24,26)/b13-9+. The molecule has 2 amide bonds. The molecule has 0 spiro atoms. The summed E-state index contributed by atoms with van der Waals surface area (Å²) in [4.78, 5) is 23.9. The molecule has 0 heterocycles. The van der Waals surface area contributed by atoms with E-state index in [0.29, 0.717) is 23.7 Å². The van der Waals surface area contributed by atoms with E-state index >= 15 is 0 Å². The summed E-state index contributed by atoms with van der Waals surface area (Å²) in [6.07, 6.45) is 4.99. The minimum Gasteiger partial charge on any atom is -0.493 e. The van der Waals surface area contributed by atoms with Crippen LogP contribution in [0.2, 0.25) is 0 Å². The maximum atomic E-state index is 12.0. The van der Waals surface area contributed by atoms with Gasteiger partial charge in [-0.2, -0.15) is 0 Å². The van der Waals surface area contributed by atoms with Crippen LogP contribution < -0.4 is 20.3 Å². The van der Waals surface area contributed by atoms with Crippen molar-refractivity contribution in [1.82, 2.24) is 10.9 Å². The Bertz CT molecular complexity index is 829. The van der Waals surface area contributed by atoms with E-state index in [1.165, 1.54) is 6.08 Å². The molecule has 148 valence electrons. The molecule has 0 bridgehead atoms. The number of methoxy groups -OCH3 is 1. The van der Waals surface area contributed by atoms with Crippen molar-refractivity contribution in [2.24, 2.45) is 0 Å². The van der Waals surface area contributed by atoms with E-state index in [4.69, 9.17) is 9.47 Å². The number of carbonyl (C=O) groups is 2. The molecule has 0 aromatic heterocycles. The molecule has 2 aromatic carbocycles. The number of benzene rings is 2. The predicted octanol–water partition coefficient (Wildman–Crippen LogP) is 3.66. The molecule has 0 aliphatic heterocycles. The summed E-state index contributed by atoms with van der Waals surface area (Å²) >= 11 is 0. The van der Waals surface area contributed by atoms with E-state index in [-0.39, 0.29) is 5.91 Å². The van der Waals surface area contributed by atoms with Crippen molar-refractivity contribution in [3.63, 3.8) is 0 Å². The third-order valence-electron chi connectivity index (χ3n) is 3.98. The highest BCUT2D eigenvalue weighted by Gasteiger charge is 2.07. The molecule has 0 aliphatic carbocycles. The number of aryl methyl sites for hydroxylation is 1. The zero-order valence-corrected chi connectivity index (χ0v) is 16.5. The molecule has 0 atom stereocenters. The van der Waals surface area contributed by atoms with Gasteiger partial charge in [0.15, 0.2) is 11.5 Å². The third kappa shape index (κ3) is 6.46. The van der Waals surface area contributed by atoms with Crippen molar-refractivity contribution in [3.8, 4) is 11.5 Å². The van der Waals surface area contributed by atoms with E-state index in [2.05, 4.69) is 17.8 Å². The van der Waals surface area contributed by atoms with Gasteiger partial charge in [0.2, 0.25) is 0 Å². The number of hydrogen-bond acceptors (Lipinski definition) is 4. The summed E-state index contributed by atoms with van der Waals surface area (Å²) in [6, 6.07) is 12.5. The van der Waals surface area contributed by atoms with Gasteiger partial charge in [-0.15, -0.1) is 0 Å². The Morgan fingerprint density at radius 3 is 2.46 bits per heavy atom. The molecule has 0 saturated heterocycles. The molecule has 0 aliphatic rings. The summed E-state index contributed by atoms with van der Waals surface area (Å²) in [5, 5.41) is 0. The maximum Gasteiger partial charge on any atom is 0.269 e. The Morgan fingerprint density at radius 1 is 1.04 bits per heavy atom. The normalized spacial score (nSPS) is 10.5. The average Bonchev–Trinajstić information content (AvgIpc) is 2.71. The number of hydrogen-bond donors (Lipinski definition) is 2. The Kier molecular flexibility index (Phi) is 8.09. The molecule has 0 saturated carbocycles. The zero-order valence-electron chi connectivity index (χ0n) is 16.5. The monoisotopic (exact) mass is 382 g/mol. The molecule has 2 N–H and O–H groups in total. The average molecular weight is 382 g/mol. The van der Waals surface area contributed by atoms with Crippen LogP contribution in [0.5, 0.6) is 11.5 Å². The van der Waals surface area contributed by atoms with Crippen molar-refractivity contribution in [1.29, 1.82) is 0 Å². The molecular weight excluding hydrogens is 356 g/mol. The van der Waals surface area contributed by atoms with Gasteiger partial charge in [-0.25, -0.2) is 0 Å². The first-order valence-corrected chi connectivity index (χ1v) is 9.19. The molecule has 28 heavy (non-hydrogen) atoms. The van der Waals surface area contributed by atoms with Crippen molar-refractivity contribution in [2.75, 3.05) is 13.7 Å². The number of rotatable bonds is 8. The van der Waals surface area contributed by atoms with E-state index in [9.17, 15) is 9.59 Å². The quantitative estimate of drug-likeness (QED) is 0.415. The largest absolute Gasteiger partial charge is 0.493 e. The molecule has 2 aromatic rings. The summed E-state index contributed by atoms with van der Waals surface area (Å²) in [5.74, 6) is 0.453. The van der Waals surface area contributed by atoms with Crippen LogP contribution in [0.4, 0.5) is 0 Å². The van der Waals surface area contributed by atoms with Crippen LogP contribution in [-0.4, -0.2) is 25.5 Å². The third-order valence-corrected chi connectivity index (χ3v) is 3.98. The van der Waals surface area contributed by atoms with Gasteiger partial charge >= 0.3 is 0 Å². The number of unbranched alkanes of at least 4 members (excludes halogenated alkanes) is 1. The molecular formula is C22H26N2O4. The number of amides is 2. The van der Waals surface area contributed by atoms with Gasteiger partial charge in [-0.1, -0.05) is 37.1 Å². The smallest absolute Gasteiger partial charge is 0.269 e. The summed E-state index contributed by atoms with van der Waals surface area (Å²) in [5.41, 5.74) is 7.04. The van der Waals surface area contributed by atoms with Crippen LogP contribution >= 0.6 is 0 Å². The van der Waals surface area contributed by atoms with Crippen LogP contribution in [-0.2, 0) is 4.79 Å². The second-order valence-corrected chi connectivity index (χ2v) is 6.26. The highest BCUT2D eigenvalue weighted by molar-refractivity contribution is 5.97. The first kappa shape index (κ1) is 21.0. The summed E-state index contributed by atoms with van der Waals surface area (Å²) in [7, 11) is 1.57. The Labute approximate surface area is 165 Å². The molecule has 6 nitrogen and oxygen atoms in total. The van der Waals surface area contributed by atoms with Crippen LogP contribution in [0.15, 0.2) is 48.5 Å². The van der Waals surface area contributed by atoms with Gasteiger partial charge < -0.3 is 9.47 Å². The number of ether oxygens (including phenoxy) is 2. The Morgan fingerprint density at radius 2 is 1.79 bits per heavy atom. The van der Waals surface area contributed by atoms with Gasteiger partial charge in [0.05, 0.1) is 13.7 Å². The van der Waals surface area contributed by atoms with Gasteiger partial charge in [0.25, 0.3) is 11.8 Å². The van der Waals surface area contributed by atoms with Gasteiger partial charge in [0.1, 0.15) is 0 Å². The van der Waals surface area contributed by atoms with Gasteiger partial charge in [-0.3, -0.25) is 20.4 Å². The van der Waals surface area contributed by atoms with Crippen molar-refractivity contribution < 1.29 is 19.1 Å². The summed E-state index contributed by atoms with van der Waals surface area (Å²) < 4.78 is 11.0. The lowest BCUT2D eigenvalue weighted by atomic mass is 10.1. The van der Waals surface area contributed by atoms with Gasteiger partial charge in [0, 0.05) is 11.6 Å².